The summed E-state index contributed by atoms with van der Waals surface area (Å²) in [6.07, 6.45) is 9.11. The summed E-state index contributed by atoms with van der Waals surface area (Å²) in [4.78, 5) is 23.3. The van der Waals surface area contributed by atoms with Crippen molar-refractivity contribution in [2.24, 2.45) is 0 Å². The Morgan fingerprint density at radius 1 is 1.26 bits per heavy atom. The van der Waals surface area contributed by atoms with E-state index in [4.69, 9.17) is 4.74 Å². The number of pyridine rings is 1. The molecule has 0 spiro atoms. The van der Waals surface area contributed by atoms with Gasteiger partial charge in [0.05, 0.1) is 16.3 Å². The van der Waals surface area contributed by atoms with Gasteiger partial charge >= 0.3 is 0 Å². The van der Waals surface area contributed by atoms with E-state index >= 15 is 0 Å². The molecule has 1 saturated heterocycles. The second-order valence-electron chi connectivity index (χ2n) is 6.56. The number of fused-ring (bicyclic) bond motifs is 1. The number of thiazole rings is 1. The number of para-hydroxylation sites is 1. The van der Waals surface area contributed by atoms with Crippen molar-refractivity contribution in [3.63, 3.8) is 0 Å². The van der Waals surface area contributed by atoms with Gasteiger partial charge in [0.1, 0.15) is 5.01 Å². The number of nitrogens with zero attached hydrogens (tertiary/aromatic N) is 3. The van der Waals surface area contributed by atoms with Crippen molar-refractivity contribution < 1.29 is 9.53 Å². The molecule has 1 unspecified atom stereocenters. The smallest absolute Gasteiger partial charge is 0.247 e. The molecular weight excluding hydrogens is 358 g/mol. The summed E-state index contributed by atoms with van der Waals surface area (Å²) in [5.41, 5.74) is 2.02. The summed E-state index contributed by atoms with van der Waals surface area (Å²) in [6.45, 7) is 1.93. The second-order valence-corrected chi connectivity index (χ2v) is 7.62. The van der Waals surface area contributed by atoms with Crippen LogP contribution in [-0.2, 0) is 16.1 Å². The van der Waals surface area contributed by atoms with E-state index in [-0.39, 0.29) is 12.0 Å². The summed E-state index contributed by atoms with van der Waals surface area (Å²) in [5.74, 6) is -0.0263. The predicted molar refractivity (Wildman–Crippen MR) is 107 cm³/mol. The zero-order valence-corrected chi connectivity index (χ0v) is 15.8. The van der Waals surface area contributed by atoms with Gasteiger partial charge in [0.25, 0.3) is 0 Å². The van der Waals surface area contributed by atoms with Gasteiger partial charge in [-0.15, -0.1) is 11.3 Å². The predicted octanol–water partition coefficient (Wildman–Crippen LogP) is 3.91. The van der Waals surface area contributed by atoms with Crippen molar-refractivity contribution in [1.82, 2.24) is 14.9 Å². The molecule has 1 aliphatic heterocycles. The van der Waals surface area contributed by atoms with E-state index in [9.17, 15) is 4.79 Å². The van der Waals surface area contributed by atoms with Crippen LogP contribution in [0, 0.1) is 0 Å². The number of rotatable bonds is 6. The lowest BCUT2D eigenvalue weighted by Gasteiger charge is -2.24. The second kappa shape index (κ2) is 8.41. The lowest BCUT2D eigenvalue weighted by atomic mass is 10.2. The molecule has 5 nitrogen and oxygen atoms in total. The number of hydrogen-bond donors (Lipinski definition) is 0. The Balaban J connectivity index is 1.49. The van der Waals surface area contributed by atoms with Crippen molar-refractivity contribution in [1.29, 1.82) is 0 Å². The normalized spacial score (nSPS) is 17.0. The highest BCUT2D eigenvalue weighted by Crippen LogP contribution is 2.22. The molecule has 0 saturated carbocycles. The molecule has 2 aromatic heterocycles. The average molecular weight is 379 g/mol. The van der Waals surface area contributed by atoms with Gasteiger partial charge < -0.3 is 9.64 Å². The zero-order valence-electron chi connectivity index (χ0n) is 15.0. The largest absolute Gasteiger partial charge is 0.376 e. The number of hydrogen-bond acceptors (Lipinski definition) is 5. The summed E-state index contributed by atoms with van der Waals surface area (Å²) in [5, 5.41) is 0.838. The van der Waals surface area contributed by atoms with Gasteiger partial charge in [-0.05, 0) is 48.7 Å². The fourth-order valence-electron chi connectivity index (χ4n) is 3.18. The minimum absolute atomic E-state index is 0.0263. The van der Waals surface area contributed by atoms with Crippen molar-refractivity contribution in [3.05, 3.63) is 65.4 Å². The van der Waals surface area contributed by atoms with Crippen LogP contribution in [0.3, 0.4) is 0 Å². The van der Waals surface area contributed by atoms with Gasteiger partial charge in [0.2, 0.25) is 5.91 Å². The molecule has 0 N–H and O–H groups in total. The van der Waals surface area contributed by atoms with Crippen molar-refractivity contribution in [2.75, 3.05) is 13.2 Å². The molecule has 3 aromatic rings. The zero-order chi connectivity index (χ0) is 18.5. The number of carbonyl (C=O) groups is 1. The Labute approximate surface area is 162 Å². The first-order valence-electron chi connectivity index (χ1n) is 9.11. The molecule has 1 aliphatic rings. The van der Waals surface area contributed by atoms with Crippen LogP contribution in [0.1, 0.15) is 23.4 Å². The Hall–Kier alpha value is -2.57. The van der Waals surface area contributed by atoms with E-state index in [1.54, 1.807) is 29.8 Å². The molecule has 4 rings (SSSR count). The number of aromatic nitrogens is 2. The fourth-order valence-corrected chi connectivity index (χ4v) is 4.05. The van der Waals surface area contributed by atoms with Crippen LogP contribution >= 0.6 is 11.3 Å². The van der Waals surface area contributed by atoms with Crippen LogP contribution in [-0.4, -0.2) is 40.0 Å². The maximum Gasteiger partial charge on any atom is 0.247 e. The highest BCUT2D eigenvalue weighted by atomic mass is 32.1. The van der Waals surface area contributed by atoms with E-state index in [0.29, 0.717) is 13.1 Å². The first-order chi connectivity index (χ1) is 13.3. The molecule has 0 bridgehead atoms. The SMILES string of the molecule is O=C(/C=C/c1nc2ccccc2s1)N(Cc1ccncc1)CC1CCCO1. The van der Waals surface area contributed by atoms with Crippen molar-refractivity contribution in [2.45, 2.75) is 25.5 Å². The van der Waals surface area contributed by atoms with Crippen LogP contribution in [0.2, 0.25) is 0 Å². The van der Waals surface area contributed by atoms with Crippen LogP contribution in [0.25, 0.3) is 16.3 Å². The van der Waals surface area contributed by atoms with Gasteiger partial charge in [0.15, 0.2) is 0 Å². The molecule has 1 aromatic carbocycles. The molecule has 27 heavy (non-hydrogen) atoms. The third-order valence-electron chi connectivity index (χ3n) is 4.56. The molecule has 1 atom stereocenters. The first-order valence-corrected chi connectivity index (χ1v) is 9.93. The third-order valence-corrected chi connectivity index (χ3v) is 5.56. The number of benzene rings is 1. The molecule has 6 heteroatoms. The molecule has 3 heterocycles. The molecular formula is C21H21N3O2S. The maximum absolute atomic E-state index is 12.9. The summed E-state index contributed by atoms with van der Waals surface area (Å²) >= 11 is 1.59. The monoisotopic (exact) mass is 379 g/mol. The number of carbonyl (C=O) groups excluding carboxylic acids is 1. The fraction of sp³-hybridized carbons (Fsp3) is 0.286. The molecule has 138 valence electrons. The van der Waals surface area contributed by atoms with E-state index < -0.39 is 0 Å². The van der Waals surface area contributed by atoms with Crippen LogP contribution < -0.4 is 0 Å². The Morgan fingerprint density at radius 3 is 2.89 bits per heavy atom. The van der Waals surface area contributed by atoms with Gasteiger partial charge in [-0.3, -0.25) is 9.78 Å². The summed E-state index contributed by atoms with van der Waals surface area (Å²) < 4.78 is 6.86. The minimum Gasteiger partial charge on any atom is -0.376 e. The van der Waals surface area contributed by atoms with E-state index in [1.165, 1.54) is 0 Å². The first kappa shape index (κ1) is 17.8. The molecule has 1 amide bonds. The van der Waals surface area contributed by atoms with Gasteiger partial charge in [-0.2, -0.15) is 0 Å². The average Bonchev–Trinajstić information content (AvgIpc) is 3.35. The van der Waals surface area contributed by atoms with Crippen molar-refractivity contribution >= 4 is 33.5 Å². The molecule has 0 aliphatic carbocycles. The number of amides is 1. The van der Waals surface area contributed by atoms with Gasteiger partial charge in [-0.1, -0.05) is 12.1 Å². The van der Waals surface area contributed by atoms with E-state index in [0.717, 1.165) is 40.2 Å². The topological polar surface area (TPSA) is 55.3 Å². The highest BCUT2D eigenvalue weighted by Gasteiger charge is 2.21. The number of ether oxygens (including phenoxy) is 1. The van der Waals surface area contributed by atoms with E-state index in [2.05, 4.69) is 9.97 Å². The van der Waals surface area contributed by atoms with E-state index in [1.807, 2.05) is 47.4 Å². The van der Waals surface area contributed by atoms with Crippen LogP contribution in [0.4, 0.5) is 0 Å². The minimum atomic E-state index is -0.0263. The quantitative estimate of drug-likeness (QED) is 0.609. The lowest BCUT2D eigenvalue weighted by molar-refractivity contribution is -0.128. The Morgan fingerprint density at radius 2 is 2.11 bits per heavy atom. The van der Waals surface area contributed by atoms with Crippen LogP contribution in [0.15, 0.2) is 54.9 Å². The third kappa shape index (κ3) is 4.59. The van der Waals surface area contributed by atoms with Gasteiger partial charge in [-0.25, -0.2) is 4.98 Å². The highest BCUT2D eigenvalue weighted by molar-refractivity contribution is 7.19. The Kier molecular flexibility index (Phi) is 5.55. The van der Waals surface area contributed by atoms with Gasteiger partial charge in [0, 0.05) is 38.2 Å². The maximum atomic E-state index is 12.9. The Bertz CT molecular complexity index is 900. The lowest BCUT2D eigenvalue weighted by Crippen LogP contribution is -2.35. The molecule has 1 fully saturated rings. The summed E-state index contributed by atoms with van der Waals surface area (Å²) in [6, 6.07) is 11.9. The summed E-state index contributed by atoms with van der Waals surface area (Å²) in [7, 11) is 0. The van der Waals surface area contributed by atoms with Crippen molar-refractivity contribution in [3.8, 4) is 0 Å². The standard InChI is InChI=1S/C21H21N3O2S/c25-21(8-7-20-23-18-5-1-2-6-19(18)27-20)24(15-17-4-3-13-26-17)14-16-9-11-22-12-10-16/h1-2,5-12,17H,3-4,13-15H2/b8-7+. The van der Waals surface area contributed by atoms with Crippen LogP contribution in [0.5, 0.6) is 0 Å². The molecule has 0 radical (unpaired) electrons.